The van der Waals surface area contributed by atoms with Crippen molar-refractivity contribution in [2.75, 3.05) is 20.3 Å². The lowest BCUT2D eigenvalue weighted by atomic mass is 10.2. The summed E-state index contributed by atoms with van der Waals surface area (Å²) in [6, 6.07) is 7.04. The van der Waals surface area contributed by atoms with Crippen molar-refractivity contribution >= 4 is 11.7 Å². The predicted octanol–water partition coefficient (Wildman–Crippen LogP) is 0.468. The molecule has 0 unspecified atom stereocenters. The number of carbonyl (C=O) groups excluding carboxylic acids is 1. The van der Waals surface area contributed by atoms with Crippen molar-refractivity contribution in [3.63, 3.8) is 0 Å². The lowest BCUT2D eigenvalue weighted by Crippen LogP contribution is -2.27. The maximum atomic E-state index is 11.1. The highest BCUT2D eigenvalue weighted by atomic mass is 16.6. The molecule has 0 radical (unpaired) electrons. The van der Waals surface area contributed by atoms with Gasteiger partial charge >= 0.3 is 0 Å². The quantitative estimate of drug-likeness (QED) is 0.437. The fraction of sp³-hybridized carbons (Fsp3) is 0.333. The number of nitrogens with two attached hydrogens (primary N) is 1. The molecular formula is C12H17N3O3. The fourth-order valence-corrected chi connectivity index (χ4v) is 1.22. The van der Waals surface area contributed by atoms with E-state index in [1.54, 1.807) is 31.4 Å². The van der Waals surface area contributed by atoms with Gasteiger partial charge in [0.15, 0.2) is 12.4 Å². The van der Waals surface area contributed by atoms with E-state index in [-0.39, 0.29) is 18.3 Å². The Labute approximate surface area is 106 Å². The molecule has 18 heavy (non-hydrogen) atoms. The molecule has 98 valence electrons. The van der Waals surface area contributed by atoms with Crippen LogP contribution in [0, 0.1) is 0 Å². The van der Waals surface area contributed by atoms with Gasteiger partial charge < -0.3 is 20.6 Å². The summed E-state index contributed by atoms with van der Waals surface area (Å²) in [5.41, 5.74) is 6.40. The molecule has 6 heteroatoms. The van der Waals surface area contributed by atoms with Gasteiger partial charge in [0.2, 0.25) is 0 Å². The van der Waals surface area contributed by atoms with E-state index in [0.29, 0.717) is 12.1 Å². The normalized spacial score (nSPS) is 10.9. The molecule has 0 aliphatic carbocycles. The van der Waals surface area contributed by atoms with Crippen molar-refractivity contribution in [3.8, 4) is 5.75 Å². The topological polar surface area (TPSA) is 85.9 Å². The third-order valence-corrected chi connectivity index (χ3v) is 2.12. The van der Waals surface area contributed by atoms with Gasteiger partial charge in [-0.05, 0) is 31.2 Å². The summed E-state index contributed by atoms with van der Waals surface area (Å²) >= 11 is 0. The average molecular weight is 251 g/mol. The zero-order valence-corrected chi connectivity index (χ0v) is 10.5. The van der Waals surface area contributed by atoms with E-state index >= 15 is 0 Å². The second kappa shape index (κ2) is 7.16. The minimum absolute atomic E-state index is 0.148. The molecule has 1 aromatic carbocycles. The first-order chi connectivity index (χ1) is 8.67. The number of hydrogen-bond acceptors (Lipinski definition) is 4. The molecule has 1 rings (SSSR count). The maximum Gasteiger partial charge on any atom is 0.260 e. The summed E-state index contributed by atoms with van der Waals surface area (Å²) in [7, 11) is 1.59. The minimum atomic E-state index is -0.233. The highest BCUT2D eigenvalue weighted by Crippen LogP contribution is 2.10. The number of amidine groups is 1. The predicted molar refractivity (Wildman–Crippen MR) is 68.4 cm³/mol. The van der Waals surface area contributed by atoms with E-state index in [1.165, 1.54) is 0 Å². The highest BCUT2D eigenvalue weighted by Gasteiger charge is 2.01. The third kappa shape index (κ3) is 4.32. The van der Waals surface area contributed by atoms with Crippen molar-refractivity contribution in [2.24, 2.45) is 10.9 Å². The molecule has 0 aliphatic heterocycles. The zero-order chi connectivity index (χ0) is 13.4. The molecule has 0 aliphatic rings. The molecule has 0 spiro atoms. The minimum Gasteiger partial charge on any atom is -0.497 e. The van der Waals surface area contributed by atoms with E-state index in [4.69, 9.17) is 15.3 Å². The Morgan fingerprint density at radius 2 is 2.06 bits per heavy atom. The molecule has 0 saturated heterocycles. The number of oxime groups is 1. The van der Waals surface area contributed by atoms with Gasteiger partial charge in [-0.15, -0.1) is 0 Å². The Morgan fingerprint density at radius 3 is 2.61 bits per heavy atom. The van der Waals surface area contributed by atoms with Crippen LogP contribution in [0.1, 0.15) is 12.5 Å². The summed E-state index contributed by atoms with van der Waals surface area (Å²) in [5.74, 6) is 0.709. The van der Waals surface area contributed by atoms with Crippen LogP contribution in [0.25, 0.3) is 0 Å². The van der Waals surface area contributed by atoms with Gasteiger partial charge in [0, 0.05) is 12.1 Å². The van der Waals surface area contributed by atoms with Crippen LogP contribution in [0.15, 0.2) is 29.4 Å². The van der Waals surface area contributed by atoms with E-state index in [1.807, 2.05) is 6.92 Å². The van der Waals surface area contributed by atoms with Crippen LogP contribution in [0.5, 0.6) is 5.75 Å². The summed E-state index contributed by atoms with van der Waals surface area (Å²) in [4.78, 5) is 15.9. The molecule has 0 heterocycles. The van der Waals surface area contributed by atoms with Crippen LogP contribution in [-0.2, 0) is 9.63 Å². The maximum absolute atomic E-state index is 11.1. The number of ether oxygens (including phenoxy) is 1. The third-order valence-electron chi connectivity index (χ3n) is 2.12. The summed E-state index contributed by atoms with van der Waals surface area (Å²) in [5, 5.41) is 6.25. The number of likely N-dealkylation sites (N-methyl/N-ethyl adjacent to an activating group) is 1. The summed E-state index contributed by atoms with van der Waals surface area (Å²) < 4.78 is 5.02. The van der Waals surface area contributed by atoms with Crippen molar-refractivity contribution in [3.05, 3.63) is 29.8 Å². The van der Waals surface area contributed by atoms with E-state index in [0.717, 1.165) is 5.75 Å². The number of hydrogen-bond donors (Lipinski definition) is 2. The van der Waals surface area contributed by atoms with Crippen molar-refractivity contribution < 1.29 is 14.4 Å². The van der Waals surface area contributed by atoms with E-state index in [9.17, 15) is 4.79 Å². The van der Waals surface area contributed by atoms with Gasteiger partial charge in [0.1, 0.15) is 5.75 Å². The monoisotopic (exact) mass is 251 g/mol. The first kappa shape index (κ1) is 13.8. The largest absolute Gasteiger partial charge is 0.497 e. The SMILES string of the molecule is CCNC(=O)CON=C(N)c1ccc(OC)cc1. The Balaban J connectivity index is 2.52. The van der Waals surface area contributed by atoms with Crippen LogP contribution in [-0.4, -0.2) is 32.0 Å². The molecule has 1 aromatic rings. The van der Waals surface area contributed by atoms with Gasteiger partial charge in [0.25, 0.3) is 5.91 Å². The lowest BCUT2D eigenvalue weighted by Gasteiger charge is -2.04. The van der Waals surface area contributed by atoms with Crippen molar-refractivity contribution in [1.82, 2.24) is 5.32 Å². The second-order valence-corrected chi connectivity index (χ2v) is 3.43. The Hall–Kier alpha value is -2.24. The molecule has 0 atom stereocenters. The van der Waals surface area contributed by atoms with Crippen LogP contribution in [0.4, 0.5) is 0 Å². The molecule has 6 nitrogen and oxygen atoms in total. The molecule has 1 amide bonds. The lowest BCUT2D eigenvalue weighted by molar-refractivity contribution is -0.125. The number of methoxy groups -OCH3 is 1. The van der Waals surface area contributed by atoms with Gasteiger partial charge in [-0.3, -0.25) is 4.79 Å². The van der Waals surface area contributed by atoms with Crippen LogP contribution < -0.4 is 15.8 Å². The first-order valence-corrected chi connectivity index (χ1v) is 5.54. The van der Waals surface area contributed by atoms with Crippen LogP contribution in [0.2, 0.25) is 0 Å². The van der Waals surface area contributed by atoms with Gasteiger partial charge in [-0.25, -0.2) is 0 Å². The molecule has 0 aromatic heterocycles. The van der Waals surface area contributed by atoms with E-state index < -0.39 is 0 Å². The molecular weight excluding hydrogens is 234 g/mol. The van der Waals surface area contributed by atoms with Crippen molar-refractivity contribution in [1.29, 1.82) is 0 Å². The smallest absolute Gasteiger partial charge is 0.260 e. The molecule has 0 saturated carbocycles. The standard InChI is InChI=1S/C12H17N3O3/c1-3-14-11(16)8-18-15-12(13)9-4-6-10(17-2)7-5-9/h4-7H,3,8H2,1-2H3,(H2,13,15)(H,14,16). The molecule has 0 bridgehead atoms. The fourth-order valence-electron chi connectivity index (χ4n) is 1.22. The van der Waals surface area contributed by atoms with Crippen LogP contribution in [0.3, 0.4) is 0 Å². The second-order valence-electron chi connectivity index (χ2n) is 3.43. The molecule has 0 fully saturated rings. The Morgan fingerprint density at radius 1 is 1.39 bits per heavy atom. The number of nitrogens with zero attached hydrogens (tertiary/aromatic N) is 1. The summed E-state index contributed by atoms with van der Waals surface area (Å²) in [6.45, 7) is 2.23. The highest BCUT2D eigenvalue weighted by molar-refractivity contribution is 5.97. The number of amides is 1. The van der Waals surface area contributed by atoms with Gasteiger partial charge in [-0.2, -0.15) is 0 Å². The first-order valence-electron chi connectivity index (χ1n) is 5.54. The number of carbonyl (C=O) groups is 1. The van der Waals surface area contributed by atoms with E-state index in [2.05, 4.69) is 10.5 Å². The zero-order valence-electron chi connectivity index (χ0n) is 10.5. The average Bonchev–Trinajstić information content (AvgIpc) is 2.39. The molecule has 3 N–H and O–H groups in total. The number of rotatable bonds is 6. The van der Waals surface area contributed by atoms with Crippen LogP contribution >= 0.6 is 0 Å². The Bertz CT molecular complexity index is 415. The van der Waals surface area contributed by atoms with Gasteiger partial charge in [-0.1, -0.05) is 5.16 Å². The summed E-state index contributed by atoms with van der Waals surface area (Å²) in [6.07, 6.45) is 0. The van der Waals surface area contributed by atoms with Crippen molar-refractivity contribution in [2.45, 2.75) is 6.92 Å². The Kier molecular flexibility index (Phi) is 5.50. The number of nitrogens with one attached hydrogen (secondary N) is 1. The van der Waals surface area contributed by atoms with Gasteiger partial charge in [0.05, 0.1) is 7.11 Å². The number of benzene rings is 1.